The van der Waals surface area contributed by atoms with Crippen LogP contribution in [0.3, 0.4) is 0 Å². The molecule has 1 rings (SSSR count). The predicted octanol–water partition coefficient (Wildman–Crippen LogP) is 0.998. The number of nitro groups is 1. The number of amides is 1. The summed E-state index contributed by atoms with van der Waals surface area (Å²) in [6, 6.07) is 1.80. The van der Waals surface area contributed by atoms with Crippen molar-refractivity contribution in [1.82, 2.24) is 10.2 Å². The van der Waals surface area contributed by atoms with Crippen LogP contribution in [0.1, 0.15) is 16.8 Å². The van der Waals surface area contributed by atoms with E-state index in [4.69, 9.17) is 5.73 Å². The fraction of sp³-hybridized carbons (Fsp3) is 0.417. The minimum absolute atomic E-state index is 0.332. The molecule has 7 nitrogen and oxygen atoms in total. The van der Waals surface area contributed by atoms with Crippen molar-refractivity contribution in [2.24, 2.45) is 0 Å². The number of carbonyl (C=O) groups excluding carboxylic acids is 1. The first-order valence-electron chi connectivity index (χ1n) is 6.00. The number of nitrogens with one attached hydrogen (secondary N) is 1. The number of hydrogen-bond donors (Lipinski definition) is 2. The molecule has 0 spiro atoms. The van der Waals surface area contributed by atoms with Crippen molar-refractivity contribution in [3.8, 4) is 0 Å². The van der Waals surface area contributed by atoms with Crippen LogP contribution in [0.5, 0.6) is 0 Å². The second kappa shape index (κ2) is 6.80. The molecule has 0 atom stereocenters. The number of nitro benzene ring substituents is 1. The number of nitrogens with zero attached hydrogens (tertiary/aromatic N) is 2. The Kier molecular flexibility index (Phi) is 5.39. The molecule has 0 radical (unpaired) electrons. The van der Waals surface area contributed by atoms with E-state index in [9.17, 15) is 19.3 Å². The van der Waals surface area contributed by atoms with Gasteiger partial charge in [0.25, 0.3) is 11.6 Å². The molecule has 1 aromatic rings. The van der Waals surface area contributed by atoms with Gasteiger partial charge in [0.15, 0.2) is 0 Å². The van der Waals surface area contributed by atoms with Gasteiger partial charge in [-0.1, -0.05) is 0 Å². The number of rotatable bonds is 6. The summed E-state index contributed by atoms with van der Waals surface area (Å²) in [7, 11) is 3.78. The van der Waals surface area contributed by atoms with Gasteiger partial charge in [0.2, 0.25) is 0 Å². The molecule has 1 amide bonds. The Labute approximate surface area is 115 Å². The maximum Gasteiger partial charge on any atom is 0.293 e. The van der Waals surface area contributed by atoms with Crippen LogP contribution < -0.4 is 11.1 Å². The van der Waals surface area contributed by atoms with Crippen LogP contribution in [0.25, 0.3) is 0 Å². The quantitative estimate of drug-likeness (QED) is 0.351. The molecule has 1 aromatic carbocycles. The van der Waals surface area contributed by atoms with E-state index in [1.54, 1.807) is 0 Å². The highest BCUT2D eigenvalue weighted by atomic mass is 19.1. The molecule has 0 bridgehead atoms. The fourth-order valence-corrected chi connectivity index (χ4v) is 1.66. The molecule has 0 aromatic heterocycles. The molecular formula is C12H17FN4O3. The number of carbonyl (C=O) groups is 1. The van der Waals surface area contributed by atoms with Crippen molar-refractivity contribution in [2.75, 3.05) is 32.9 Å². The Balaban J connectivity index is 2.82. The molecule has 8 heteroatoms. The smallest absolute Gasteiger partial charge is 0.293 e. The molecular weight excluding hydrogens is 267 g/mol. The van der Waals surface area contributed by atoms with Gasteiger partial charge in [-0.05, 0) is 33.1 Å². The molecule has 0 aliphatic rings. The van der Waals surface area contributed by atoms with Gasteiger partial charge in [0.05, 0.1) is 4.92 Å². The lowest BCUT2D eigenvalue weighted by Gasteiger charge is -2.11. The zero-order valence-electron chi connectivity index (χ0n) is 11.4. The third kappa shape index (κ3) is 3.89. The van der Waals surface area contributed by atoms with E-state index in [0.717, 1.165) is 18.7 Å². The number of hydrogen-bond acceptors (Lipinski definition) is 5. The summed E-state index contributed by atoms with van der Waals surface area (Å²) >= 11 is 0. The van der Waals surface area contributed by atoms with Gasteiger partial charge in [-0.2, -0.15) is 0 Å². The molecule has 0 heterocycles. The summed E-state index contributed by atoms with van der Waals surface area (Å²) in [4.78, 5) is 23.7. The van der Waals surface area contributed by atoms with Crippen LogP contribution in [0.2, 0.25) is 0 Å². The van der Waals surface area contributed by atoms with Crippen LogP contribution in [0.15, 0.2) is 12.1 Å². The number of nitrogen functional groups attached to an aromatic ring is 1. The zero-order chi connectivity index (χ0) is 15.3. The lowest BCUT2D eigenvalue weighted by Crippen LogP contribution is -2.28. The van der Waals surface area contributed by atoms with Crippen molar-refractivity contribution < 1.29 is 14.1 Å². The zero-order valence-corrected chi connectivity index (χ0v) is 11.4. The Hall–Kier alpha value is -2.22. The predicted molar refractivity (Wildman–Crippen MR) is 73.0 cm³/mol. The minimum atomic E-state index is -0.877. The van der Waals surface area contributed by atoms with Crippen molar-refractivity contribution in [3.63, 3.8) is 0 Å². The van der Waals surface area contributed by atoms with E-state index < -0.39 is 33.6 Å². The molecule has 110 valence electrons. The van der Waals surface area contributed by atoms with Gasteiger partial charge < -0.3 is 16.0 Å². The average Bonchev–Trinajstić information content (AvgIpc) is 2.34. The number of halogens is 1. The van der Waals surface area contributed by atoms with Crippen LogP contribution in [0.4, 0.5) is 15.8 Å². The third-order valence-corrected chi connectivity index (χ3v) is 2.66. The van der Waals surface area contributed by atoms with Crippen molar-refractivity contribution in [2.45, 2.75) is 6.42 Å². The third-order valence-electron chi connectivity index (χ3n) is 2.66. The maximum absolute atomic E-state index is 13.6. The van der Waals surface area contributed by atoms with Crippen molar-refractivity contribution >= 4 is 17.3 Å². The van der Waals surface area contributed by atoms with Crippen LogP contribution >= 0.6 is 0 Å². The SMILES string of the molecule is CN(C)CCCNC(=O)c1c(F)ccc([N+](=O)[O-])c1N. The maximum atomic E-state index is 13.6. The van der Waals surface area contributed by atoms with Gasteiger partial charge in [0.1, 0.15) is 17.1 Å². The molecule has 0 saturated carbocycles. The summed E-state index contributed by atoms with van der Waals surface area (Å²) in [6.45, 7) is 1.09. The number of anilines is 1. The lowest BCUT2D eigenvalue weighted by molar-refractivity contribution is -0.384. The van der Waals surface area contributed by atoms with E-state index in [0.29, 0.717) is 13.0 Å². The first-order chi connectivity index (χ1) is 9.34. The topological polar surface area (TPSA) is 102 Å². The monoisotopic (exact) mass is 284 g/mol. The standard InChI is InChI=1S/C12H17FN4O3/c1-16(2)7-3-6-15-12(18)10-8(13)4-5-9(11(10)14)17(19)20/h4-5H,3,6-7,14H2,1-2H3,(H,15,18). The lowest BCUT2D eigenvalue weighted by atomic mass is 10.1. The van der Waals surface area contributed by atoms with E-state index >= 15 is 0 Å². The van der Waals surface area contributed by atoms with E-state index in [1.807, 2.05) is 19.0 Å². The second-order valence-electron chi connectivity index (χ2n) is 4.53. The minimum Gasteiger partial charge on any atom is -0.392 e. The largest absolute Gasteiger partial charge is 0.392 e. The second-order valence-corrected chi connectivity index (χ2v) is 4.53. The molecule has 0 fully saturated rings. The summed E-state index contributed by atoms with van der Waals surface area (Å²) in [5, 5.41) is 13.2. The van der Waals surface area contributed by atoms with Gasteiger partial charge in [-0.15, -0.1) is 0 Å². The Morgan fingerprint density at radius 2 is 2.15 bits per heavy atom. The van der Waals surface area contributed by atoms with Crippen LogP contribution in [-0.2, 0) is 0 Å². The molecule has 0 aliphatic heterocycles. The fourth-order valence-electron chi connectivity index (χ4n) is 1.66. The summed E-state index contributed by atoms with van der Waals surface area (Å²) < 4.78 is 13.6. The van der Waals surface area contributed by atoms with Crippen LogP contribution in [0, 0.1) is 15.9 Å². The number of nitrogens with two attached hydrogens (primary N) is 1. The molecule has 0 aliphatic carbocycles. The average molecular weight is 284 g/mol. The van der Waals surface area contributed by atoms with Crippen molar-refractivity contribution in [1.29, 1.82) is 0 Å². The van der Waals surface area contributed by atoms with Gasteiger partial charge in [-0.25, -0.2) is 4.39 Å². The van der Waals surface area contributed by atoms with Crippen LogP contribution in [-0.4, -0.2) is 42.9 Å². The first-order valence-corrected chi connectivity index (χ1v) is 6.00. The molecule has 0 unspecified atom stereocenters. The van der Waals surface area contributed by atoms with E-state index in [1.165, 1.54) is 0 Å². The molecule has 0 saturated heterocycles. The van der Waals surface area contributed by atoms with Crippen molar-refractivity contribution in [3.05, 3.63) is 33.6 Å². The molecule has 3 N–H and O–H groups in total. The first kappa shape index (κ1) is 15.8. The Morgan fingerprint density at radius 3 is 2.70 bits per heavy atom. The van der Waals surface area contributed by atoms with Gasteiger partial charge in [-0.3, -0.25) is 14.9 Å². The van der Waals surface area contributed by atoms with E-state index in [2.05, 4.69) is 5.32 Å². The highest BCUT2D eigenvalue weighted by molar-refractivity contribution is 6.01. The number of benzene rings is 1. The summed E-state index contributed by atoms with van der Waals surface area (Å²) in [5.74, 6) is -1.62. The Bertz CT molecular complexity index is 520. The van der Waals surface area contributed by atoms with E-state index in [-0.39, 0.29) is 0 Å². The van der Waals surface area contributed by atoms with Gasteiger partial charge >= 0.3 is 0 Å². The highest BCUT2D eigenvalue weighted by Gasteiger charge is 2.23. The summed E-state index contributed by atoms with van der Waals surface area (Å²) in [6.07, 6.45) is 0.676. The Morgan fingerprint density at radius 1 is 1.50 bits per heavy atom. The molecule has 20 heavy (non-hydrogen) atoms. The van der Waals surface area contributed by atoms with Gasteiger partial charge in [0, 0.05) is 12.6 Å². The summed E-state index contributed by atoms with van der Waals surface area (Å²) in [5.41, 5.74) is 4.07. The highest BCUT2D eigenvalue weighted by Crippen LogP contribution is 2.27. The normalized spacial score (nSPS) is 10.6.